The number of aryl methyl sites for hydroxylation is 1. The summed E-state index contributed by atoms with van der Waals surface area (Å²) in [6.45, 7) is 3.56. The fourth-order valence-corrected chi connectivity index (χ4v) is 3.08. The fourth-order valence-electron chi connectivity index (χ4n) is 2.72. The number of nitrogens with zero attached hydrogens (tertiary/aromatic N) is 4. The van der Waals surface area contributed by atoms with E-state index in [1.165, 1.54) is 24.3 Å². The highest BCUT2D eigenvalue weighted by Crippen LogP contribution is 2.26. The maximum absolute atomic E-state index is 11.6. The predicted molar refractivity (Wildman–Crippen MR) is 104 cm³/mol. The van der Waals surface area contributed by atoms with Crippen molar-refractivity contribution in [3.05, 3.63) is 74.0 Å². The second-order valence-corrected chi connectivity index (χ2v) is 6.87. The van der Waals surface area contributed by atoms with Crippen LogP contribution in [0.25, 0.3) is 5.69 Å². The summed E-state index contributed by atoms with van der Waals surface area (Å²) in [4.78, 5) is 22.0. The average Bonchev–Trinajstić information content (AvgIpc) is 2.94. The number of nitro benzene ring substituents is 1. The van der Waals surface area contributed by atoms with E-state index in [0.717, 1.165) is 0 Å². The lowest BCUT2D eigenvalue weighted by atomic mass is 10.2. The summed E-state index contributed by atoms with van der Waals surface area (Å²) in [5.74, 6) is -1.06. The molecule has 0 unspecified atom stereocenters. The summed E-state index contributed by atoms with van der Waals surface area (Å²) in [6, 6.07) is 10.8. The van der Waals surface area contributed by atoms with E-state index in [1.807, 2.05) is 0 Å². The van der Waals surface area contributed by atoms with E-state index >= 15 is 0 Å². The van der Waals surface area contributed by atoms with Crippen molar-refractivity contribution >= 4 is 39.0 Å². The number of aromatic nitrogens is 2. The number of hydrogen-bond acceptors (Lipinski definition) is 5. The van der Waals surface area contributed by atoms with Crippen LogP contribution in [0.2, 0.25) is 0 Å². The van der Waals surface area contributed by atoms with Gasteiger partial charge in [0.05, 0.1) is 10.6 Å². The van der Waals surface area contributed by atoms with Gasteiger partial charge in [-0.1, -0.05) is 26.7 Å². The number of nitrogens with one attached hydrogen (secondary N) is 1. The van der Waals surface area contributed by atoms with Crippen LogP contribution in [0.3, 0.4) is 0 Å². The van der Waals surface area contributed by atoms with Gasteiger partial charge in [0.1, 0.15) is 11.3 Å². The van der Waals surface area contributed by atoms with Crippen molar-refractivity contribution in [3.63, 3.8) is 0 Å². The first-order chi connectivity index (χ1) is 13.3. The zero-order valence-electron chi connectivity index (χ0n) is 14.9. The van der Waals surface area contributed by atoms with Gasteiger partial charge >= 0.3 is 5.97 Å². The molecule has 28 heavy (non-hydrogen) atoms. The van der Waals surface area contributed by atoms with E-state index in [4.69, 9.17) is 0 Å². The molecule has 3 rings (SSSR count). The molecule has 3 aromatic rings. The molecule has 0 spiro atoms. The number of halogens is 1. The SMILES string of the molecule is Cc1[nH][n+](-c2ccc(Br)cc2C(=O)O)c(C)c1N=Nc1cccc([N+](=O)[O-])c1. The van der Waals surface area contributed by atoms with Crippen LogP contribution in [-0.2, 0) is 0 Å². The summed E-state index contributed by atoms with van der Waals surface area (Å²) in [6.07, 6.45) is 0. The topological polar surface area (TPSA) is 125 Å². The summed E-state index contributed by atoms with van der Waals surface area (Å²) < 4.78 is 2.27. The number of rotatable bonds is 5. The lowest BCUT2D eigenvalue weighted by Gasteiger charge is -2.00. The zero-order chi connectivity index (χ0) is 20.4. The van der Waals surface area contributed by atoms with Gasteiger partial charge in [-0.3, -0.25) is 10.1 Å². The molecule has 0 saturated heterocycles. The molecule has 0 fully saturated rings. The number of carboxylic acid groups (broad SMARTS) is 1. The number of azo groups is 1. The molecule has 0 aliphatic heterocycles. The molecule has 0 atom stereocenters. The molecule has 1 heterocycles. The van der Waals surface area contributed by atoms with Gasteiger partial charge in [-0.15, -0.1) is 5.11 Å². The molecule has 0 aliphatic carbocycles. The Bertz CT molecular complexity index is 1120. The van der Waals surface area contributed by atoms with E-state index in [9.17, 15) is 20.0 Å². The van der Waals surface area contributed by atoms with Gasteiger partial charge < -0.3 is 5.11 Å². The average molecular weight is 445 g/mol. The van der Waals surface area contributed by atoms with Crippen LogP contribution in [0.15, 0.2) is 57.2 Å². The first-order valence-corrected chi connectivity index (χ1v) is 8.88. The van der Waals surface area contributed by atoms with Crippen LogP contribution in [0.5, 0.6) is 0 Å². The number of H-pyrrole nitrogens is 1. The van der Waals surface area contributed by atoms with Crippen LogP contribution in [0, 0.1) is 24.0 Å². The Morgan fingerprint density at radius 3 is 2.64 bits per heavy atom. The van der Waals surface area contributed by atoms with Crippen molar-refractivity contribution < 1.29 is 19.5 Å². The number of hydrogen-bond donors (Lipinski definition) is 2. The normalized spacial score (nSPS) is 11.1. The molecule has 9 nitrogen and oxygen atoms in total. The number of nitro groups is 1. The highest BCUT2D eigenvalue weighted by Gasteiger charge is 2.26. The molecule has 2 N–H and O–H groups in total. The van der Waals surface area contributed by atoms with Crippen LogP contribution >= 0.6 is 15.9 Å². The second kappa shape index (κ2) is 7.69. The molecular weight excluding hydrogens is 430 g/mol. The first-order valence-electron chi connectivity index (χ1n) is 8.08. The lowest BCUT2D eigenvalue weighted by Crippen LogP contribution is -2.37. The van der Waals surface area contributed by atoms with Gasteiger partial charge in [-0.25, -0.2) is 4.79 Å². The zero-order valence-corrected chi connectivity index (χ0v) is 16.5. The Balaban J connectivity index is 2.03. The minimum absolute atomic E-state index is 0.0741. The van der Waals surface area contributed by atoms with Crippen LogP contribution in [0.1, 0.15) is 21.7 Å². The third-order valence-electron chi connectivity index (χ3n) is 4.05. The molecule has 0 amide bonds. The fraction of sp³-hybridized carbons (Fsp3) is 0.111. The quantitative estimate of drug-likeness (QED) is 0.256. The number of non-ortho nitro benzene ring substituents is 1. The number of benzene rings is 2. The van der Waals surface area contributed by atoms with E-state index in [1.54, 1.807) is 36.7 Å². The molecule has 0 radical (unpaired) electrons. The van der Waals surface area contributed by atoms with Crippen LogP contribution < -0.4 is 4.68 Å². The van der Waals surface area contributed by atoms with E-state index in [-0.39, 0.29) is 11.3 Å². The maximum Gasteiger partial charge on any atom is 0.342 e. The monoisotopic (exact) mass is 444 g/mol. The van der Waals surface area contributed by atoms with Gasteiger partial charge in [-0.05, 0) is 25.1 Å². The summed E-state index contributed by atoms with van der Waals surface area (Å²) in [5.41, 5.74) is 2.68. The third kappa shape index (κ3) is 3.81. The molecule has 1 aromatic heterocycles. The number of aromatic amines is 1. The van der Waals surface area contributed by atoms with Gasteiger partial charge in [0.25, 0.3) is 11.4 Å². The second-order valence-electron chi connectivity index (χ2n) is 5.95. The predicted octanol–water partition coefficient (Wildman–Crippen LogP) is 4.69. The standard InChI is InChI=1S/C18H14BrN5O4/c1-10-17(21-20-13-4-3-5-14(9-13)24(27)28)11(2)23(22-10)16-7-6-12(19)8-15(16)18(25)26/h3-9H,1-2H3,(H,25,26)/p+1. The highest BCUT2D eigenvalue weighted by atomic mass is 79.9. The molecule has 0 saturated carbocycles. The van der Waals surface area contributed by atoms with Gasteiger partial charge in [0, 0.05) is 29.6 Å². The van der Waals surface area contributed by atoms with Crippen molar-refractivity contribution in [3.8, 4) is 5.69 Å². The first kappa shape index (κ1) is 19.4. The Morgan fingerprint density at radius 2 is 1.96 bits per heavy atom. The van der Waals surface area contributed by atoms with Crippen molar-refractivity contribution in [1.29, 1.82) is 0 Å². The summed E-state index contributed by atoms with van der Waals surface area (Å²) in [7, 11) is 0. The molecule has 0 aliphatic rings. The summed E-state index contributed by atoms with van der Waals surface area (Å²) >= 11 is 3.28. The highest BCUT2D eigenvalue weighted by molar-refractivity contribution is 9.10. The molecule has 2 aromatic carbocycles. The Morgan fingerprint density at radius 1 is 1.21 bits per heavy atom. The van der Waals surface area contributed by atoms with Crippen molar-refractivity contribution in [2.45, 2.75) is 13.8 Å². The minimum atomic E-state index is -1.06. The summed E-state index contributed by atoms with van der Waals surface area (Å²) in [5, 5.41) is 31.8. The van der Waals surface area contributed by atoms with Crippen LogP contribution in [-0.4, -0.2) is 21.1 Å². The Labute approximate surface area is 167 Å². The van der Waals surface area contributed by atoms with E-state index < -0.39 is 10.9 Å². The van der Waals surface area contributed by atoms with Gasteiger partial charge in [0.15, 0.2) is 5.69 Å². The number of carbonyl (C=O) groups is 1. The number of aromatic carboxylic acids is 1. The largest absolute Gasteiger partial charge is 0.477 e. The Hall–Kier alpha value is -3.40. The van der Waals surface area contributed by atoms with Crippen molar-refractivity contribution in [1.82, 2.24) is 5.10 Å². The van der Waals surface area contributed by atoms with Crippen molar-refractivity contribution in [2.24, 2.45) is 10.2 Å². The molecule has 0 bridgehead atoms. The van der Waals surface area contributed by atoms with E-state index in [0.29, 0.717) is 32.9 Å². The molecule has 10 heteroatoms. The third-order valence-corrected chi connectivity index (χ3v) is 4.54. The lowest BCUT2D eigenvalue weighted by molar-refractivity contribution is -0.661. The Kier molecular flexibility index (Phi) is 5.32. The minimum Gasteiger partial charge on any atom is -0.477 e. The van der Waals surface area contributed by atoms with Crippen LogP contribution in [0.4, 0.5) is 17.1 Å². The van der Waals surface area contributed by atoms with Gasteiger partial charge in [-0.2, -0.15) is 10.2 Å². The van der Waals surface area contributed by atoms with Gasteiger partial charge in [0.2, 0.25) is 5.69 Å². The molecule has 142 valence electrons. The van der Waals surface area contributed by atoms with Crippen molar-refractivity contribution in [2.75, 3.05) is 0 Å². The maximum atomic E-state index is 11.6. The smallest absolute Gasteiger partial charge is 0.342 e. The molecular formula is C18H15BrN5O4+. The number of carboxylic acids is 1. The van der Waals surface area contributed by atoms with E-state index in [2.05, 4.69) is 31.3 Å².